The summed E-state index contributed by atoms with van der Waals surface area (Å²) in [7, 11) is 0. The van der Waals surface area contributed by atoms with Crippen molar-refractivity contribution in [2.75, 3.05) is 13.2 Å². The van der Waals surface area contributed by atoms with E-state index < -0.39 is 5.97 Å². The van der Waals surface area contributed by atoms with Crippen LogP contribution in [-0.2, 0) is 4.74 Å². The highest BCUT2D eigenvalue weighted by Crippen LogP contribution is 2.27. The smallest absolute Gasteiger partial charge is 0.343 e. The molecule has 1 aromatic rings. The second-order valence-electron chi connectivity index (χ2n) is 2.93. The minimum absolute atomic E-state index is 0.257. The van der Waals surface area contributed by atoms with E-state index in [-0.39, 0.29) is 5.56 Å². The minimum atomic E-state index is -0.479. The predicted octanol–water partition coefficient (Wildman–Crippen LogP) is 3.08. The van der Waals surface area contributed by atoms with Gasteiger partial charge in [0.05, 0.1) is 11.6 Å². The van der Waals surface area contributed by atoms with Gasteiger partial charge in [-0.2, -0.15) is 0 Å². The van der Waals surface area contributed by atoms with E-state index in [0.29, 0.717) is 24.0 Å². The third kappa shape index (κ3) is 3.00. The van der Waals surface area contributed by atoms with Crippen molar-refractivity contribution in [3.63, 3.8) is 0 Å². The van der Waals surface area contributed by atoms with Crippen LogP contribution in [0.2, 0.25) is 5.02 Å². The molecule has 0 spiro atoms. The molecule has 0 aliphatic carbocycles. The zero-order chi connectivity index (χ0) is 12.0. The van der Waals surface area contributed by atoms with Gasteiger partial charge in [0.1, 0.15) is 17.9 Å². The fraction of sp³-hybridized carbons (Fsp3) is 0.250. The first kappa shape index (κ1) is 12.6. The Balaban J connectivity index is 3.02. The van der Waals surface area contributed by atoms with Gasteiger partial charge in [0.2, 0.25) is 0 Å². The van der Waals surface area contributed by atoms with Crippen LogP contribution in [0.15, 0.2) is 30.9 Å². The molecule has 0 fully saturated rings. The molecule has 3 nitrogen and oxygen atoms in total. The second kappa shape index (κ2) is 6.18. The molecule has 0 aliphatic heterocycles. The van der Waals surface area contributed by atoms with Crippen molar-refractivity contribution in [3.05, 3.63) is 41.4 Å². The summed E-state index contributed by atoms with van der Waals surface area (Å²) in [4.78, 5) is 11.6. The van der Waals surface area contributed by atoms with E-state index >= 15 is 0 Å². The molecular weight excluding hydrogens is 228 g/mol. The third-order valence-corrected chi connectivity index (χ3v) is 2.13. The Morgan fingerprint density at radius 3 is 2.94 bits per heavy atom. The molecule has 0 bridgehead atoms. The van der Waals surface area contributed by atoms with Gasteiger partial charge in [-0.1, -0.05) is 30.3 Å². The molecule has 0 atom stereocenters. The van der Waals surface area contributed by atoms with Crippen LogP contribution < -0.4 is 4.74 Å². The Kier molecular flexibility index (Phi) is 4.86. The fourth-order valence-electron chi connectivity index (χ4n) is 1.17. The van der Waals surface area contributed by atoms with E-state index in [0.717, 1.165) is 0 Å². The molecule has 0 unspecified atom stereocenters. The quantitative estimate of drug-likeness (QED) is 0.586. The summed E-state index contributed by atoms with van der Waals surface area (Å²) in [5.74, 6) is -0.0713. The highest BCUT2D eigenvalue weighted by molar-refractivity contribution is 6.34. The monoisotopic (exact) mass is 240 g/mol. The van der Waals surface area contributed by atoms with Gasteiger partial charge in [-0.25, -0.2) is 4.79 Å². The van der Waals surface area contributed by atoms with Crippen LogP contribution >= 0.6 is 11.6 Å². The summed E-state index contributed by atoms with van der Waals surface area (Å²) < 4.78 is 10.2. The van der Waals surface area contributed by atoms with Gasteiger partial charge in [0, 0.05) is 0 Å². The number of hydrogen-bond acceptors (Lipinski definition) is 3. The molecule has 0 amide bonds. The van der Waals surface area contributed by atoms with E-state index in [2.05, 4.69) is 6.58 Å². The van der Waals surface area contributed by atoms with Gasteiger partial charge < -0.3 is 9.47 Å². The summed E-state index contributed by atoms with van der Waals surface area (Å²) in [5.41, 5.74) is 0.257. The highest BCUT2D eigenvalue weighted by Gasteiger charge is 2.17. The van der Waals surface area contributed by atoms with Crippen molar-refractivity contribution < 1.29 is 14.3 Å². The number of rotatable bonds is 5. The summed E-state index contributed by atoms with van der Waals surface area (Å²) in [6, 6.07) is 5.00. The fourth-order valence-corrected chi connectivity index (χ4v) is 1.42. The van der Waals surface area contributed by atoms with Crippen LogP contribution in [0.25, 0.3) is 0 Å². The first-order valence-electron chi connectivity index (χ1n) is 4.90. The van der Waals surface area contributed by atoms with Crippen LogP contribution in [0.3, 0.4) is 0 Å². The average Bonchev–Trinajstić information content (AvgIpc) is 2.26. The molecule has 0 aliphatic rings. The molecule has 0 aromatic heterocycles. The Morgan fingerprint density at radius 1 is 1.56 bits per heavy atom. The molecular formula is C12H13ClO3. The zero-order valence-corrected chi connectivity index (χ0v) is 9.79. The summed E-state index contributed by atoms with van der Waals surface area (Å²) in [6.45, 7) is 5.88. The van der Waals surface area contributed by atoms with Crippen molar-refractivity contribution in [1.82, 2.24) is 0 Å². The van der Waals surface area contributed by atoms with E-state index in [1.54, 1.807) is 31.2 Å². The molecule has 1 aromatic carbocycles. The van der Waals surface area contributed by atoms with Crippen molar-refractivity contribution in [1.29, 1.82) is 0 Å². The van der Waals surface area contributed by atoms with Gasteiger partial charge >= 0.3 is 5.97 Å². The number of halogens is 1. The Bertz CT molecular complexity index is 388. The number of esters is 1. The van der Waals surface area contributed by atoms with Crippen molar-refractivity contribution in [3.8, 4) is 5.75 Å². The minimum Gasteiger partial charge on any atom is -0.489 e. The topological polar surface area (TPSA) is 35.5 Å². The van der Waals surface area contributed by atoms with Gasteiger partial charge in [-0.3, -0.25) is 0 Å². The summed E-state index contributed by atoms with van der Waals surface area (Å²) in [5, 5.41) is 0.319. The van der Waals surface area contributed by atoms with Crippen LogP contribution in [-0.4, -0.2) is 19.2 Å². The number of hydrogen-bond donors (Lipinski definition) is 0. The van der Waals surface area contributed by atoms with Gasteiger partial charge in [0.25, 0.3) is 0 Å². The maximum atomic E-state index is 11.6. The molecule has 0 heterocycles. The number of benzene rings is 1. The normalized spacial score (nSPS) is 9.62. The molecule has 0 saturated carbocycles. The van der Waals surface area contributed by atoms with Crippen LogP contribution in [0, 0.1) is 0 Å². The maximum Gasteiger partial charge on any atom is 0.343 e. The molecule has 4 heteroatoms. The summed E-state index contributed by atoms with van der Waals surface area (Å²) >= 11 is 5.93. The van der Waals surface area contributed by atoms with E-state index in [1.807, 2.05) is 0 Å². The molecule has 0 radical (unpaired) electrons. The van der Waals surface area contributed by atoms with E-state index in [4.69, 9.17) is 21.1 Å². The Labute approximate surface area is 99.6 Å². The molecule has 16 heavy (non-hydrogen) atoms. The molecule has 0 N–H and O–H groups in total. The van der Waals surface area contributed by atoms with Crippen molar-refractivity contribution >= 4 is 17.6 Å². The van der Waals surface area contributed by atoms with E-state index in [9.17, 15) is 4.79 Å². The standard InChI is InChI=1S/C12H13ClO3/c1-3-8-16-10-7-5-6-9(13)11(10)12(14)15-4-2/h3,5-7H,1,4,8H2,2H3. The van der Waals surface area contributed by atoms with Crippen LogP contribution in [0.1, 0.15) is 17.3 Å². The predicted molar refractivity (Wildman–Crippen MR) is 63.1 cm³/mol. The largest absolute Gasteiger partial charge is 0.489 e. The van der Waals surface area contributed by atoms with Crippen LogP contribution in [0.4, 0.5) is 0 Å². The first-order valence-corrected chi connectivity index (χ1v) is 5.27. The molecule has 1 rings (SSSR count). The zero-order valence-electron chi connectivity index (χ0n) is 9.03. The Hall–Kier alpha value is -1.48. The van der Waals surface area contributed by atoms with Crippen molar-refractivity contribution in [2.24, 2.45) is 0 Å². The number of carbonyl (C=O) groups is 1. The lowest BCUT2D eigenvalue weighted by Gasteiger charge is -2.10. The number of carbonyl (C=O) groups excluding carboxylic acids is 1. The lowest BCUT2D eigenvalue weighted by atomic mass is 10.2. The average molecular weight is 241 g/mol. The van der Waals surface area contributed by atoms with Crippen LogP contribution in [0.5, 0.6) is 5.75 Å². The van der Waals surface area contributed by atoms with E-state index in [1.165, 1.54) is 0 Å². The SMILES string of the molecule is C=CCOc1cccc(Cl)c1C(=O)OCC. The first-order chi connectivity index (χ1) is 7.70. The lowest BCUT2D eigenvalue weighted by Crippen LogP contribution is -2.08. The lowest BCUT2D eigenvalue weighted by molar-refractivity contribution is 0.0522. The summed E-state index contributed by atoms with van der Waals surface area (Å²) in [6.07, 6.45) is 1.59. The molecule has 0 saturated heterocycles. The van der Waals surface area contributed by atoms with Gasteiger partial charge in [0.15, 0.2) is 0 Å². The maximum absolute atomic E-state index is 11.6. The van der Waals surface area contributed by atoms with Crippen molar-refractivity contribution in [2.45, 2.75) is 6.92 Å². The number of ether oxygens (including phenoxy) is 2. The Morgan fingerprint density at radius 2 is 2.31 bits per heavy atom. The van der Waals surface area contributed by atoms with Gasteiger partial charge in [-0.05, 0) is 19.1 Å². The van der Waals surface area contributed by atoms with Gasteiger partial charge in [-0.15, -0.1) is 0 Å². The molecule has 86 valence electrons. The third-order valence-electron chi connectivity index (χ3n) is 1.81. The highest BCUT2D eigenvalue weighted by atomic mass is 35.5. The second-order valence-corrected chi connectivity index (χ2v) is 3.34.